The molecule has 0 radical (unpaired) electrons. The molecule has 1 aliphatic rings. The molecule has 6 atom stereocenters. The van der Waals surface area contributed by atoms with Crippen molar-refractivity contribution in [1.82, 2.24) is 0 Å². The molecule has 12 nitrogen and oxygen atoms in total. The lowest BCUT2D eigenvalue weighted by molar-refractivity contribution is -0.301. The van der Waals surface area contributed by atoms with Gasteiger partial charge in [-0.05, 0) is 89.9 Å². The van der Waals surface area contributed by atoms with Crippen molar-refractivity contribution in [2.24, 2.45) is 0 Å². The first-order valence-corrected chi connectivity index (χ1v) is 32.3. The van der Waals surface area contributed by atoms with Crippen LogP contribution in [0.1, 0.15) is 290 Å². The monoisotopic (exact) mass is 1110 g/mol. The number of carboxylic acid groups (broad SMARTS) is 1. The molecule has 0 bridgehead atoms. The Hall–Kier alpha value is -3.58. The van der Waals surface area contributed by atoms with Gasteiger partial charge in [0.1, 0.15) is 18.8 Å². The molecule has 456 valence electrons. The van der Waals surface area contributed by atoms with Crippen molar-refractivity contribution in [3.63, 3.8) is 0 Å². The van der Waals surface area contributed by atoms with E-state index in [-0.39, 0.29) is 25.9 Å². The SMILES string of the molecule is CCCCC/C=C\C/C=C\C/C=C\CCCCCCCCC(=O)OCC(COC1OC(C(=O)O)C(O)C(O)C1OC(=O)CCCCCCCCC/C=C\C/C=C\CCCCC)OC(=O)CCCCCCCCCCCCCCC. The van der Waals surface area contributed by atoms with Gasteiger partial charge in [-0.25, -0.2) is 4.79 Å². The predicted octanol–water partition coefficient (Wildman–Crippen LogP) is 17.1. The summed E-state index contributed by atoms with van der Waals surface area (Å²) in [5, 5.41) is 31.6. The Morgan fingerprint density at radius 2 is 0.759 bits per heavy atom. The van der Waals surface area contributed by atoms with E-state index >= 15 is 0 Å². The van der Waals surface area contributed by atoms with Gasteiger partial charge in [-0.1, -0.05) is 242 Å². The van der Waals surface area contributed by atoms with E-state index in [0.29, 0.717) is 19.3 Å². The minimum absolute atomic E-state index is 0.0511. The second-order valence-electron chi connectivity index (χ2n) is 22.0. The van der Waals surface area contributed by atoms with Crippen molar-refractivity contribution >= 4 is 23.9 Å². The molecule has 0 aromatic heterocycles. The average Bonchev–Trinajstić information content (AvgIpc) is 3.47. The Bertz CT molecular complexity index is 1600. The summed E-state index contributed by atoms with van der Waals surface area (Å²) in [6.07, 6.45) is 56.0. The fraction of sp³-hybridized carbons (Fsp3) is 0.791. The summed E-state index contributed by atoms with van der Waals surface area (Å²) in [4.78, 5) is 51.3. The lowest BCUT2D eigenvalue weighted by Gasteiger charge is -2.40. The quantitative estimate of drug-likeness (QED) is 0.0228. The van der Waals surface area contributed by atoms with Crippen molar-refractivity contribution in [3.05, 3.63) is 60.8 Å². The van der Waals surface area contributed by atoms with Crippen LogP contribution < -0.4 is 0 Å². The van der Waals surface area contributed by atoms with E-state index in [1.165, 1.54) is 103 Å². The minimum Gasteiger partial charge on any atom is -0.479 e. The number of hydrogen-bond donors (Lipinski definition) is 3. The number of aliphatic hydroxyl groups is 2. The van der Waals surface area contributed by atoms with Gasteiger partial charge < -0.3 is 39.0 Å². The van der Waals surface area contributed by atoms with Gasteiger partial charge >= 0.3 is 23.9 Å². The first kappa shape index (κ1) is 73.4. The normalized spacial score (nSPS) is 18.2. The number of carbonyl (C=O) groups excluding carboxylic acids is 3. The van der Waals surface area contributed by atoms with Gasteiger partial charge in [-0.2, -0.15) is 0 Å². The van der Waals surface area contributed by atoms with Crippen LogP contribution in [0.5, 0.6) is 0 Å². The zero-order chi connectivity index (χ0) is 57.5. The van der Waals surface area contributed by atoms with Crippen LogP contribution in [0.4, 0.5) is 0 Å². The second-order valence-corrected chi connectivity index (χ2v) is 22.0. The van der Waals surface area contributed by atoms with Gasteiger partial charge in [-0.3, -0.25) is 14.4 Å². The highest BCUT2D eigenvalue weighted by atomic mass is 16.7. The molecule has 6 unspecified atom stereocenters. The summed E-state index contributed by atoms with van der Waals surface area (Å²) in [5.41, 5.74) is 0. The van der Waals surface area contributed by atoms with Crippen LogP contribution in [-0.4, -0.2) is 89.2 Å². The first-order chi connectivity index (χ1) is 38.6. The van der Waals surface area contributed by atoms with Gasteiger partial charge in [0, 0.05) is 19.3 Å². The van der Waals surface area contributed by atoms with Gasteiger partial charge in [0.15, 0.2) is 24.6 Å². The molecule has 0 aliphatic carbocycles. The van der Waals surface area contributed by atoms with Crippen molar-refractivity contribution < 1.29 is 58.2 Å². The third-order valence-corrected chi connectivity index (χ3v) is 14.6. The molecule has 1 saturated heterocycles. The van der Waals surface area contributed by atoms with Gasteiger partial charge in [0.05, 0.1) is 6.61 Å². The van der Waals surface area contributed by atoms with Crippen LogP contribution in [-0.2, 0) is 42.9 Å². The second kappa shape index (κ2) is 55.0. The molecule has 1 rings (SSSR count). The van der Waals surface area contributed by atoms with Crippen LogP contribution in [0.2, 0.25) is 0 Å². The van der Waals surface area contributed by atoms with E-state index < -0.39 is 67.3 Å². The Labute approximate surface area is 481 Å². The molecular formula is C67H116O12. The summed E-state index contributed by atoms with van der Waals surface area (Å²) in [7, 11) is 0. The van der Waals surface area contributed by atoms with Crippen LogP contribution in [0.15, 0.2) is 60.8 Å². The number of carboxylic acids is 1. The molecule has 79 heavy (non-hydrogen) atoms. The Kier molecular flexibility index (Phi) is 51.1. The minimum atomic E-state index is -1.91. The fourth-order valence-electron chi connectivity index (χ4n) is 9.58. The molecular weight excluding hydrogens is 997 g/mol. The van der Waals surface area contributed by atoms with E-state index in [2.05, 4.69) is 81.5 Å². The summed E-state index contributed by atoms with van der Waals surface area (Å²) in [6, 6.07) is 0. The standard InChI is InChI=1S/C67H116O12/c1-4-7-10-13-16-19-22-25-27-29-30-32-33-36-38-41-44-47-50-53-59(68)75-56-58(77-60(69)54-51-48-45-42-39-35-24-21-18-15-12-9-6-3)57-76-67-65(63(72)62(71)64(79-67)66(73)74)78-61(70)55-52-49-46-43-40-37-34-31-28-26-23-20-17-14-11-8-5-2/h16-17,19-20,25-28,30,32,58,62-65,67,71-72H,4-15,18,21-24,29,31,33-57H2,1-3H3,(H,73,74)/b19-16-,20-17-,27-25-,28-26-,32-30-. The molecule has 0 spiro atoms. The number of carbonyl (C=O) groups is 4. The average molecular weight is 1110 g/mol. The summed E-state index contributed by atoms with van der Waals surface area (Å²) in [6.45, 7) is 5.96. The van der Waals surface area contributed by atoms with Crippen LogP contribution in [0.25, 0.3) is 0 Å². The summed E-state index contributed by atoms with van der Waals surface area (Å²) in [5.74, 6) is -3.13. The molecule has 0 amide bonds. The zero-order valence-corrected chi connectivity index (χ0v) is 50.4. The molecule has 0 aromatic carbocycles. The number of aliphatic hydroxyl groups excluding tert-OH is 2. The largest absolute Gasteiger partial charge is 0.479 e. The molecule has 1 heterocycles. The Morgan fingerprint density at radius 1 is 0.418 bits per heavy atom. The van der Waals surface area contributed by atoms with Crippen LogP contribution in [0.3, 0.4) is 0 Å². The number of ether oxygens (including phenoxy) is 5. The number of rotatable bonds is 55. The van der Waals surface area contributed by atoms with Gasteiger partial charge in [0.25, 0.3) is 0 Å². The van der Waals surface area contributed by atoms with E-state index in [1.54, 1.807) is 0 Å². The van der Waals surface area contributed by atoms with E-state index in [0.717, 1.165) is 128 Å². The summed E-state index contributed by atoms with van der Waals surface area (Å²) >= 11 is 0. The third kappa shape index (κ3) is 44.7. The lowest BCUT2D eigenvalue weighted by Crippen LogP contribution is -2.61. The first-order valence-electron chi connectivity index (χ1n) is 32.3. The maximum atomic E-state index is 13.2. The van der Waals surface area contributed by atoms with E-state index in [9.17, 15) is 34.5 Å². The van der Waals surface area contributed by atoms with Crippen LogP contribution in [0, 0.1) is 0 Å². The Morgan fingerprint density at radius 3 is 1.18 bits per heavy atom. The molecule has 0 saturated carbocycles. The van der Waals surface area contributed by atoms with E-state index in [4.69, 9.17) is 23.7 Å². The molecule has 12 heteroatoms. The number of aliphatic carboxylic acids is 1. The number of esters is 3. The maximum Gasteiger partial charge on any atom is 0.335 e. The highest BCUT2D eigenvalue weighted by Crippen LogP contribution is 2.27. The predicted molar refractivity (Wildman–Crippen MR) is 322 cm³/mol. The lowest BCUT2D eigenvalue weighted by atomic mass is 9.98. The van der Waals surface area contributed by atoms with Crippen LogP contribution >= 0.6 is 0 Å². The highest BCUT2D eigenvalue weighted by molar-refractivity contribution is 5.74. The Balaban J connectivity index is 2.66. The topological polar surface area (TPSA) is 175 Å². The number of allylic oxidation sites excluding steroid dienone is 10. The molecule has 1 aliphatic heterocycles. The van der Waals surface area contributed by atoms with Crippen molar-refractivity contribution in [3.8, 4) is 0 Å². The van der Waals surface area contributed by atoms with Gasteiger partial charge in [-0.15, -0.1) is 0 Å². The molecule has 3 N–H and O–H groups in total. The fourth-order valence-corrected chi connectivity index (χ4v) is 9.58. The smallest absolute Gasteiger partial charge is 0.335 e. The zero-order valence-electron chi connectivity index (χ0n) is 50.4. The molecule has 0 aromatic rings. The van der Waals surface area contributed by atoms with Crippen molar-refractivity contribution in [1.29, 1.82) is 0 Å². The maximum absolute atomic E-state index is 13.2. The number of unbranched alkanes of at least 4 members (excludes halogenated alkanes) is 31. The number of hydrogen-bond acceptors (Lipinski definition) is 11. The molecule has 1 fully saturated rings. The van der Waals surface area contributed by atoms with Gasteiger partial charge in [0.2, 0.25) is 0 Å². The van der Waals surface area contributed by atoms with E-state index in [1.807, 2.05) is 0 Å². The highest BCUT2D eigenvalue weighted by Gasteiger charge is 2.50. The van der Waals surface area contributed by atoms with Crippen molar-refractivity contribution in [2.45, 2.75) is 327 Å². The summed E-state index contributed by atoms with van der Waals surface area (Å²) < 4.78 is 28.5. The van der Waals surface area contributed by atoms with Crippen molar-refractivity contribution in [2.75, 3.05) is 13.2 Å². The third-order valence-electron chi connectivity index (χ3n) is 14.6.